The van der Waals surface area contributed by atoms with Crippen LogP contribution in [-0.2, 0) is 9.47 Å². The molecule has 0 aromatic heterocycles. The van der Waals surface area contributed by atoms with Crippen LogP contribution in [0.2, 0.25) is 0 Å². The minimum Gasteiger partial charge on any atom is -0.481 e. The molecule has 0 radical (unpaired) electrons. The Bertz CT molecular complexity index is 814. The van der Waals surface area contributed by atoms with Crippen molar-refractivity contribution >= 4 is 17.9 Å². The van der Waals surface area contributed by atoms with E-state index < -0.39 is 40.5 Å². The van der Waals surface area contributed by atoms with Crippen LogP contribution in [0.3, 0.4) is 0 Å². The maximum atomic E-state index is 12.3. The number of para-hydroxylation sites is 2. The van der Waals surface area contributed by atoms with Gasteiger partial charge in [-0.05, 0) is 54.0 Å². The van der Waals surface area contributed by atoms with Crippen molar-refractivity contribution in [2.45, 2.75) is 83.8 Å². The van der Waals surface area contributed by atoms with Crippen molar-refractivity contribution in [2.24, 2.45) is 0 Å². The molecule has 3 atom stereocenters. The molecular formula is C21H31N3O7. The quantitative estimate of drug-likeness (QED) is 0.527. The average Bonchev–Trinajstić information content (AvgIpc) is 2.92. The molecule has 10 nitrogen and oxygen atoms in total. The van der Waals surface area contributed by atoms with Gasteiger partial charge in [0.1, 0.15) is 17.3 Å². The summed E-state index contributed by atoms with van der Waals surface area (Å²) in [4.78, 5) is 35.2. The number of nitrogens with one attached hydrogen (secondary N) is 2. The third-order valence-corrected chi connectivity index (χ3v) is 4.27. The fraction of sp³-hybridized carbons (Fsp3) is 0.619. The Morgan fingerprint density at radius 2 is 1.52 bits per heavy atom. The Hall–Kier alpha value is -3.04. The van der Waals surface area contributed by atoms with Crippen LogP contribution >= 0.6 is 0 Å². The zero-order valence-electron chi connectivity index (χ0n) is 18.8. The number of hydrogen-bond acceptors (Lipinski definition) is 7. The number of alkyl carbamates (subject to hydrolysis) is 2. The van der Waals surface area contributed by atoms with Crippen molar-refractivity contribution in [1.29, 1.82) is 0 Å². The van der Waals surface area contributed by atoms with Gasteiger partial charge in [-0.1, -0.05) is 12.1 Å². The van der Waals surface area contributed by atoms with E-state index in [1.807, 2.05) is 0 Å². The summed E-state index contributed by atoms with van der Waals surface area (Å²) in [5, 5.41) is 16.8. The van der Waals surface area contributed by atoms with Crippen LogP contribution in [0.1, 0.15) is 54.4 Å². The molecule has 0 spiro atoms. The Labute approximate surface area is 181 Å². The van der Waals surface area contributed by atoms with Crippen LogP contribution in [0, 0.1) is 10.1 Å². The van der Waals surface area contributed by atoms with E-state index in [2.05, 4.69) is 10.6 Å². The van der Waals surface area contributed by atoms with E-state index in [4.69, 9.17) is 14.2 Å². The predicted octanol–water partition coefficient (Wildman–Crippen LogP) is 3.92. The molecule has 1 aromatic rings. The van der Waals surface area contributed by atoms with Gasteiger partial charge in [0.25, 0.3) is 0 Å². The number of nitrogens with zero attached hydrogens (tertiary/aromatic N) is 1. The van der Waals surface area contributed by atoms with Crippen LogP contribution in [0.15, 0.2) is 24.3 Å². The van der Waals surface area contributed by atoms with Gasteiger partial charge in [0.15, 0.2) is 5.75 Å². The Kier molecular flexibility index (Phi) is 7.35. The summed E-state index contributed by atoms with van der Waals surface area (Å²) in [7, 11) is 0. The number of ether oxygens (including phenoxy) is 3. The van der Waals surface area contributed by atoms with Gasteiger partial charge in [0.05, 0.1) is 11.0 Å². The molecule has 31 heavy (non-hydrogen) atoms. The van der Waals surface area contributed by atoms with Gasteiger partial charge in [-0.2, -0.15) is 0 Å². The summed E-state index contributed by atoms with van der Waals surface area (Å²) in [6, 6.07) is 5.12. The molecule has 0 saturated heterocycles. The molecule has 1 aliphatic carbocycles. The van der Waals surface area contributed by atoms with Gasteiger partial charge >= 0.3 is 17.9 Å². The first kappa shape index (κ1) is 24.2. The Balaban J connectivity index is 2.15. The molecule has 0 heterocycles. The molecule has 0 aliphatic heterocycles. The van der Waals surface area contributed by atoms with E-state index in [0.29, 0.717) is 12.8 Å². The highest BCUT2D eigenvalue weighted by molar-refractivity contribution is 5.69. The molecule has 1 fully saturated rings. The summed E-state index contributed by atoms with van der Waals surface area (Å²) in [5.41, 5.74) is -1.52. The van der Waals surface area contributed by atoms with E-state index in [9.17, 15) is 19.7 Å². The van der Waals surface area contributed by atoms with Crippen molar-refractivity contribution in [3.63, 3.8) is 0 Å². The van der Waals surface area contributed by atoms with Gasteiger partial charge in [0.2, 0.25) is 0 Å². The summed E-state index contributed by atoms with van der Waals surface area (Å²) >= 11 is 0. The van der Waals surface area contributed by atoms with E-state index >= 15 is 0 Å². The van der Waals surface area contributed by atoms with Gasteiger partial charge in [-0.3, -0.25) is 10.1 Å². The van der Waals surface area contributed by atoms with Crippen LogP contribution in [0.25, 0.3) is 0 Å². The number of benzene rings is 1. The van der Waals surface area contributed by atoms with Gasteiger partial charge in [-0.25, -0.2) is 9.59 Å². The first-order valence-corrected chi connectivity index (χ1v) is 10.1. The second-order valence-corrected chi connectivity index (χ2v) is 9.45. The second-order valence-electron chi connectivity index (χ2n) is 9.45. The molecular weight excluding hydrogens is 406 g/mol. The fourth-order valence-electron chi connectivity index (χ4n) is 3.20. The zero-order valence-corrected chi connectivity index (χ0v) is 18.8. The minimum absolute atomic E-state index is 0.0893. The molecule has 2 rings (SSSR count). The van der Waals surface area contributed by atoms with Crippen molar-refractivity contribution in [1.82, 2.24) is 10.6 Å². The Morgan fingerprint density at radius 1 is 0.968 bits per heavy atom. The van der Waals surface area contributed by atoms with E-state index in [1.165, 1.54) is 12.1 Å². The van der Waals surface area contributed by atoms with Gasteiger partial charge < -0.3 is 24.8 Å². The number of carbonyl (C=O) groups excluding carboxylic acids is 2. The summed E-state index contributed by atoms with van der Waals surface area (Å²) in [5.74, 6) is 0.0893. The Morgan fingerprint density at radius 3 is 2.06 bits per heavy atom. The molecule has 2 amide bonds. The number of nitro groups is 1. The van der Waals surface area contributed by atoms with Crippen LogP contribution in [0.4, 0.5) is 15.3 Å². The third-order valence-electron chi connectivity index (χ3n) is 4.27. The zero-order chi connectivity index (χ0) is 23.4. The topological polar surface area (TPSA) is 129 Å². The lowest BCUT2D eigenvalue weighted by Gasteiger charge is -2.25. The maximum Gasteiger partial charge on any atom is 0.408 e. The first-order chi connectivity index (χ1) is 14.2. The van der Waals surface area contributed by atoms with Crippen molar-refractivity contribution in [2.75, 3.05) is 0 Å². The average molecular weight is 437 g/mol. The summed E-state index contributed by atoms with van der Waals surface area (Å²) in [6.45, 7) is 10.5. The summed E-state index contributed by atoms with van der Waals surface area (Å²) < 4.78 is 16.5. The van der Waals surface area contributed by atoms with Crippen LogP contribution in [-0.4, -0.2) is 46.5 Å². The normalized spacial score (nSPS) is 21.2. The molecule has 172 valence electrons. The molecule has 1 aromatic carbocycles. The highest BCUT2D eigenvalue weighted by atomic mass is 16.6. The van der Waals surface area contributed by atoms with Crippen molar-refractivity contribution < 1.29 is 28.7 Å². The van der Waals surface area contributed by atoms with Gasteiger partial charge in [-0.15, -0.1) is 0 Å². The van der Waals surface area contributed by atoms with Crippen molar-refractivity contribution in [3.05, 3.63) is 34.4 Å². The minimum atomic E-state index is -0.689. The van der Waals surface area contributed by atoms with Crippen LogP contribution in [0.5, 0.6) is 5.75 Å². The molecule has 1 saturated carbocycles. The number of amides is 2. The highest BCUT2D eigenvalue weighted by Gasteiger charge is 2.40. The lowest BCUT2D eigenvalue weighted by Crippen LogP contribution is -2.45. The van der Waals surface area contributed by atoms with Crippen molar-refractivity contribution in [3.8, 4) is 5.75 Å². The summed E-state index contributed by atoms with van der Waals surface area (Å²) in [6.07, 6.45) is -1.16. The lowest BCUT2D eigenvalue weighted by molar-refractivity contribution is -0.386. The largest absolute Gasteiger partial charge is 0.481 e. The monoisotopic (exact) mass is 437 g/mol. The fourth-order valence-corrected chi connectivity index (χ4v) is 3.20. The SMILES string of the molecule is CC(C)(C)OC(=O)NC1CC(NC(=O)OC(C)(C)C)[C@@H](Oc2ccccc2[N+](=O)[O-])C1. The van der Waals surface area contributed by atoms with E-state index in [-0.39, 0.29) is 17.5 Å². The molecule has 1 aliphatic rings. The lowest BCUT2D eigenvalue weighted by atomic mass is 10.2. The smallest absolute Gasteiger partial charge is 0.408 e. The number of nitro benzene ring substituents is 1. The molecule has 10 heteroatoms. The molecule has 0 bridgehead atoms. The molecule has 2 unspecified atom stereocenters. The third kappa shape index (κ3) is 7.95. The number of rotatable bonds is 5. The number of carbonyl (C=O) groups is 2. The number of hydrogen-bond donors (Lipinski definition) is 2. The molecule has 2 N–H and O–H groups in total. The highest BCUT2D eigenvalue weighted by Crippen LogP contribution is 2.31. The maximum absolute atomic E-state index is 12.3. The second kappa shape index (κ2) is 9.40. The first-order valence-electron chi connectivity index (χ1n) is 10.1. The van der Waals surface area contributed by atoms with E-state index in [0.717, 1.165) is 0 Å². The predicted molar refractivity (Wildman–Crippen MR) is 113 cm³/mol. The van der Waals surface area contributed by atoms with E-state index in [1.54, 1.807) is 53.7 Å². The van der Waals surface area contributed by atoms with Gasteiger partial charge in [0, 0.05) is 18.5 Å². The van der Waals surface area contributed by atoms with Crippen LogP contribution < -0.4 is 15.4 Å². The standard InChI is InChI=1S/C21H31N3O7/c1-20(2,3)30-18(25)22-13-11-14(23-19(26)31-21(4,5)6)17(12-13)29-16-10-8-7-9-15(16)24(27)28/h7-10,13-14,17H,11-12H2,1-6H3,(H,22,25)(H,23,26)/t13?,14?,17-/m0/s1.